The molecule has 0 bridgehead atoms. The summed E-state index contributed by atoms with van der Waals surface area (Å²) in [4.78, 5) is 8.66. The molecule has 1 aliphatic heterocycles. The largest absolute Gasteiger partial charge is 0.270 e. The van der Waals surface area contributed by atoms with E-state index in [0.717, 1.165) is 18.8 Å². The van der Waals surface area contributed by atoms with Gasteiger partial charge in [0.1, 0.15) is 5.84 Å². The first-order chi connectivity index (χ1) is 4.74. The summed E-state index contributed by atoms with van der Waals surface area (Å²) in [6, 6.07) is 0. The molecule has 0 aromatic rings. The summed E-state index contributed by atoms with van der Waals surface area (Å²) >= 11 is 0. The Kier molecular flexibility index (Phi) is 4.88. The fourth-order valence-corrected chi connectivity index (χ4v) is 0.914. The van der Waals surface area contributed by atoms with Crippen molar-refractivity contribution in [1.29, 1.82) is 0 Å². The molecule has 1 heterocycles. The average molecular weight is 266 g/mol. The molecule has 0 radical (unpaired) electrons. The summed E-state index contributed by atoms with van der Waals surface area (Å²) in [6.45, 7) is 7.26. The SMILES string of the molecule is CCC1=NCC(C)C(C)=N1.I. The number of hydrogen-bond acceptors (Lipinski definition) is 2. The van der Waals surface area contributed by atoms with E-state index in [2.05, 4.69) is 30.8 Å². The lowest BCUT2D eigenvalue weighted by atomic mass is 10.1. The second-order valence-corrected chi connectivity index (χ2v) is 2.76. The van der Waals surface area contributed by atoms with Gasteiger partial charge in [0.2, 0.25) is 0 Å². The molecule has 0 fully saturated rings. The lowest BCUT2D eigenvalue weighted by Crippen LogP contribution is -2.18. The molecular weight excluding hydrogens is 251 g/mol. The first kappa shape index (κ1) is 11.1. The van der Waals surface area contributed by atoms with Gasteiger partial charge in [-0.3, -0.25) is 4.99 Å². The number of nitrogens with zero attached hydrogens (tertiary/aromatic N) is 2. The van der Waals surface area contributed by atoms with Crippen molar-refractivity contribution in [2.45, 2.75) is 27.2 Å². The minimum absolute atomic E-state index is 0. The molecule has 3 heteroatoms. The summed E-state index contributed by atoms with van der Waals surface area (Å²) in [5.41, 5.74) is 1.23. The molecule has 1 aliphatic rings. The number of hydrogen-bond donors (Lipinski definition) is 0. The predicted octanol–water partition coefficient (Wildman–Crippen LogP) is 2.52. The quantitative estimate of drug-likeness (QED) is 0.651. The van der Waals surface area contributed by atoms with Crippen molar-refractivity contribution in [1.82, 2.24) is 0 Å². The van der Waals surface area contributed by atoms with E-state index in [1.807, 2.05) is 0 Å². The molecule has 0 amide bonds. The molecule has 0 aromatic carbocycles. The fraction of sp³-hybridized carbons (Fsp3) is 0.750. The normalized spacial score (nSPS) is 23.4. The van der Waals surface area contributed by atoms with Crippen molar-refractivity contribution in [2.24, 2.45) is 15.9 Å². The summed E-state index contributed by atoms with van der Waals surface area (Å²) in [5.74, 6) is 1.56. The zero-order valence-electron chi connectivity index (χ0n) is 7.29. The van der Waals surface area contributed by atoms with Gasteiger partial charge in [-0.1, -0.05) is 13.8 Å². The van der Waals surface area contributed by atoms with E-state index in [1.54, 1.807) is 0 Å². The van der Waals surface area contributed by atoms with Crippen LogP contribution in [0.1, 0.15) is 27.2 Å². The highest BCUT2D eigenvalue weighted by atomic mass is 127. The van der Waals surface area contributed by atoms with Crippen LogP contribution in [0.25, 0.3) is 0 Å². The van der Waals surface area contributed by atoms with Crippen LogP contribution in [0.4, 0.5) is 0 Å². The number of halogens is 1. The fourth-order valence-electron chi connectivity index (χ4n) is 0.914. The monoisotopic (exact) mass is 266 g/mol. The van der Waals surface area contributed by atoms with Crippen LogP contribution < -0.4 is 0 Å². The minimum Gasteiger partial charge on any atom is -0.270 e. The second-order valence-electron chi connectivity index (χ2n) is 2.76. The maximum absolute atomic E-state index is 4.35. The Morgan fingerprint density at radius 2 is 2.18 bits per heavy atom. The van der Waals surface area contributed by atoms with Crippen LogP contribution in [0.2, 0.25) is 0 Å². The Bertz CT molecular complexity index is 185. The predicted molar refractivity (Wildman–Crippen MR) is 60.3 cm³/mol. The van der Waals surface area contributed by atoms with Crippen LogP contribution in [0, 0.1) is 5.92 Å². The van der Waals surface area contributed by atoms with Gasteiger partial charge in [0.05, 0.1) is 0 Å². The molecule has 0 N–H and O–H groups in total. The Hall–Kier alpha value is 0.0700. The highest BCUT2D eigenvalue weighted by molar-refractivity contribution is 14.0. The first-order valence-corrected chi connectivity index (χ1v) is 3.82. The number of rotatable bonds is 1. The highest BCUT2D eigenvalue weighted by Crippen LogP contribution is 2.07. The third kappa shape index (κ3) is 2.89. The molecule has 1 rings (SSSR count). The smallest absolute Gasteiger partial charge is 0.122 e. The van der Waals surface area contributed by atoms with E-state index in [0.29, 0.717) is 5.92 Å². The Balaban J connectivity index is 0.000001000. The molecule has 2 nitrogen and oxygen atoms in total. The van der Waals surface area contributed by atoms with Gasteiger partial charge in [0.25, 0.3) is 0 Å². The van der Waals surface area contributed by atoms with Crippen molar-refractivity contribution >= 4 is 35.5 Å². The van der Waals surface area contributed by atoms with Crippen LogP contribution in [0.5, 0.6) is 0 Å². The summed E-state index contributed by atoms with van der Waals surface area (Å²) in [7, 11) is 0. The lowest BCUT2D eigenvalue weighted by Gasteiger charge is -2.14. The Labute approximate surface area is 85.2 Å². The van der Waals surface area contributed by atoms with Crippen LogP contribution in [0.3, 0.4) is 0 Å². The van der Waals surface area contributed by atoms with Crippen LogP contribution in [-0.2, 0) is 0 Å². The maximum atomic E-state index is 4.35. The molecule has 1 unspecified atom stereocenters. The van der Waals surface area contributed by atoms with Gasteiger partial charge in [0.15, 0.2) is 0 Å². The third-order valence-electron chi connectivity index (χ3n) is 1.88. The summed E-state index contributed by atoms with van der Waals surface area (Å²) < 4.78 is 0. The Morgan fingerprint density at radius 1 is 1.55 bits per heavy atom. The van der Waals surface area contributed by atoms with E-state index in [9.17, 15) is 0 Å². The maximum Gasteiger partial charge on any atom is 0.122 e. The van der Waals surface area contributed by atoms with Crippen molar-refractivity contribution in [2.75, 3.05) is 6.54 Å². The molecule has 11 heavy (non-hydrogen) atoms. The summed E-state index contributed by atoms with van der Waals surface area (Å²) in [5, 5.41) is 0. The van der Waals surface area contributed by atoms with Gasteiger partial charge in [-0.15, -0.1) is 24.0 Å². The van der Waals surface area contributed by atoms with Gasteiger partial charge in [-0.05, 0) is 6.92 Å². The molecule has 0 saturated heterocycles. The van der Waals surface area contributed by atoms with Gasteiger partial charge < -0.3 is 0 Å². The lowest BCUT2D eigenvalue weighted by molar-refractivity contribution is 0.763. The van der Waals surface area contributed by atoms with E-state index in [-0.39, 0.29) is 24.0 Å². The van der Waals surface area contributed by atoms with E-state index in [4.69, 9.17) is 0 Å². The average Bonchev–Trinajstić information content (AvgIpc) is 1.95. The third-order valence-corrected chi connectivity index (χ3v) is 1.88. The zero-order valence-corrected chi connectivity index (χ0v) is 9.62. The number of amidine groups is 1. The van der Waals surface area contributed by atoms with Gasteiger partial charge in [0, 0.05) is 24.6 Å². The van der Waals surface area contributed by atoms with Crippen LogP contribution in [-0.4, -0.2) is 18.1 Å². The molecular formula is C8H15IN2. The molecule has 0 saturated carbocycles. The van der Waals surface area contributed by atoms with E-state index < -0.39 is 0 Å². The van der Waals surface area contributed by atoms with Crippen molar-refractivity contribution in [3.05, 3.63) is 0 Å². The van der Waals surface area contributed by atoms with Crippen molar-refractivity contribution < 1.29 is 0 Å². The highest BCUT2D eigenvalue weighted by Gasteiger charge is 2.10. The van der Waals surface area contributed by atoms with Crippen molar-refractivity contribution in [3.8, 4) is 0 Å². The van der Waals surface area contributed by atoms with Crippen LogP contribution in [0.15, 0.2) is 9.98 Å². The Morgan fingerprint density at radius 3 is 2.64 bits per heavy atom. The molecule has 0 aliphatic carbocycles. The van der Waals surface area contributed by atoms with Gasteiger partial charge >= 0.3 is 0 Å². The van der Waals surface area contributed by atoms with Gasteiger partial charge in [-0.2, -0.15) is 0 Å². The van der Waals surface area contributed by atoms with Gasteiger partial charge in [-0.25, -0.2) is 4.99 Å². The zero-order chi connectivity index (χ0) is 7.56. The number of aliphatic imine (C=N–C) groups is 2. The van der Waals surface area contributed by atoms with Crippen LogP contribution >= 0.6 is 24.0 Å². The minimum atomic E-state index is 0. The first-order valence-electron chi connectivity index (χ1n) is 3.82. The van der Waals surface area contributed by atoms with E-state index >= 15 is 0 Å². The standard InChI is InChI=1S/C8H14N2.HI/c1-4-8-9-5-6(2)7(3)10-8;/h6H,4-5H2,1-3H3;1H. The molecule has 0 aromatic heterocycles. The molecule has 0 spiro atoms. The van der Waals surface area contributed by atoms with E-state index in [1.165, 1.54) is 5.71 Å². The molecule has 64 valence electrons. The van der Waals surface area contributed by atoms with Crippen molar-refractivity contribution in [3.63, 3.8) is 0 Å². The topological polar surface area (TPSA) is 24.7 Å². The summed E-state index contributed by atoms with van der Waals surface area (Å²) in [6.07, 6.45) is 0.962. The second kappa shape index (κ2) is 4.85. The molecule has 1 atom stereocenters.